The molecule has 0 amide bonds. The van der Waals surface area contributed by atoms with Gasteiger partial charge >= 0.3 is 5.97 Å². The lowest BCUT2D eigenvalue weighted by Crippen LogP contribution is -2.19. The highest BCUT2D eigenvalue weighted by atomic mass is 16.5. The lowest BCUT2D eigenvalue weighted by atomic mass is 10.1. The highest BCUT2D eigenvalue weighted by Crippen LogP contribution is 2.04. The van der Waals surface area contributed by atoms with Crippen molar-refractivity contribution >= 4 is 11.8 Å². The van der Waals surface area contributed by atoms with E-state index in [4.69, 9.17) is 0 Å². The van der Waals surface area contributed by atoms with E-state index in [1.807, 2.05) is 0 Å². The smallest absolute Gasteiger partial charge is 0.358 e. The number of esters is 1. The Bertz CT molecular complexity index is 519. The molecule has 0 aliphatic carbocycles. The third-order valence-electron chi connectivity index (χ3n) is 2.53. The number of aromatic nitrogens is 2. The van der Waals surface area contributed by atoms with Crippen LogP contribution in [0.3, 0.4) is 0 Å². The first-order valence-corrected chi connectivity index (χ1v) is 6.03. The normalized spacial score (nSPS) is 10.8. The van der Waals surface area contributed by atoms with Crippen molar-refractivity contribution in [2.24, 2.45) is 0 Å². The lowest BCUT2D eigenvalue weighted by molar-refractivity contribution is -0.115. The third-order valence-corrected chi connectivity index (χ3v) is 2.53. The van der Waals surface area contributed by atoms with Crippen LogP contribution in [0.5, 0.6) is 0 Å². The van der Waals surface area contributed by atoms with Crippen molar-refractivity contribution in [3.05, 3.63) is 42.4 Å². The number of nitrogens with zero attached hydrogens (tertiary/aromatic N) is 1. The summed E-state index contributed by atoms with van der Waals surface area (Å²) in [6.45, 7) is 3.49. The van der Waals surface area contributed by atoms with Crippen LogP contribution < -0.4 is 10.6 Å². The molecule has 7 heteroatoms. The van der Waals surface area contributed by atoms with Gasteiger partial charge in [-0.3, -0.25) is 4.79 Å². The Morgan fingerprint density at radius 2 is 2.30 bits per heavy atom. The molecule has 0 aromatic carbocycles. The van der Waals surface area contributed by atoms with Crippen molar-refractivity contribution < 1.29 is 14.3 Å². The van der Waals surface area contributed by atoms with E-state index in [0.29, 0.717) is 17.9 Å². The minimum absolute atomic E-state index is 0.0714. The fourth-order valence-electron chi connectivity index (χ4n) is 1.50. The van der Waals surface area contributed by atoms with E-state index >= 15 is 0 Å². The van der Waals surface area contributed by atoms with Crippen LogP contribution in [-0.4, -0.2) is 35.9 Å². The average molecular weight is 278 g/mol. The number of aromatic amines is 1. The Labute approximate surface area is 117 Å². The molecule has 20 heavy (non-hydrogen) atoms. The topological polar surface area (TPSA) is 96.1 Å². The first-order chi connectivity index (χ1) is 9.62. The molecule has 1 heterocycles. The highest BCUT2D eigenvalue weighted by Gasteiger charge is 2.12. The number of allylic oxidation sites excluding steroid dienone is 1. The van der Waals surface area contributed by atoms with Gasteiger partial charge in [0.2, 0.25) is 0 Å². The quantitative estimate of drug-likeness (QED) is 0.473. The third kappa shape index (κ3) is 4.27. The van der Waals surface area contributed by atoms with Gasteiger partial charge in [0.05, 0.1) is 12.8 Å². The Kier molecular flexibility index (Phi) is 6.02. The summed E-state index contributed by atoms with van der Waals surface area (Å²) in [6.07, 6.45) is 5.14. The van der Waals surface area contributed by atoms with E-state index in [2.05, 4.69) is 31.9 Å². The summed E-state index contributed by atoms with van der Waals surface area (Å²) in [6, 6.07) is 0. The number of carbonyl (C=O) groups is 2. The molecule has 0 atom stereocenters. The van der Waals surface area contributed by atoms with Crippen LogP contribution >= 0.6 is 0 Å². The number of ketones is 1. The zero-order valence-electron chi connectivity index (χ0n) is 11.5. The summed E-state index contributed by atoms with van der Waals surface area (Å²) in [5, 5.41) is 5.54. The molecule has 0 unspecified atom stereocenters. The molecule has 1 aromatic heterocycles. The summed E-state index contributed by atoms with van der Waals surface area (Å²) in [5.41, 5.74) is 0.650. The molecule has 0 saturated heterocycles. The molecule has 0 bridgehead atoms. The maximum Gasteiger partial charge on any atom is 0.358 e. The second-order valence-electron chi connectivity index (χ2n) is 3.83. The van der Waals surface area contributed by atoms with Crippen molar-refractivity contribution in [1.29, 1.82) is 0 Å². The van der Waals surface area contributed by atoms with Crippen molar-refractivity contribution in [3.63, 3.8) is 0 Å². The number of H-pyrrole nitrogens is 1. The molecule has 0 radical (unpaired) electrons. The first kappa shape index (κ1) is 15.5. The summed E-state index contributed by atoms with van der Waals surface area (Å²) in [5.74, 6) is -0.0198. The Balaban J connectivity index is 2.58. The van der Waals surface area contributed by atoms with Gasteiger partial charge in [-0.15, -0.1) is 0 Å². The number of aryl methyl sites for hydroxylation is 1. The standard InChI is InChI=1S/C13H18N4O3/c1-4-15-7-9(14-2)11(18)5-6-12-16-8-10(17-12)13(19)20-3/h4,7-8,14-15H,1,5-6H2,2-3H3,(H,16,17)/b9-7-. The number of Topliss-reactive ketones (excluding diaryl/α,β-unsaturated/α-hetero) is 1. The van der Waals surface area contributed by atoms with E-state index in [1.54, 1.807) is 7.05 Å². The van der Waals surface area contributed by atoms with Gasteiger partial charge in [-0.1, -0.05) is 6.58 Å². The Hall–Kier alpha value is -2.57. The van der Waals surface area contributed by atoms with Crippen molar-refractivity contribution in [3.8, 4) is 0 Å². The van der Waals surface area contributed by atoms with Gasteiger partial charge in [0.15, 0.2) is 11.5 Å². The van der Waals surface area contributed by atoms with Gasteiger partial charge in [0.1, 0.15) is 5.82 Å². The molecule has 0 aliphatic heterocycles. The molecule has 108 valence electrons. The van der Waals surface area contributed by atoms with Crippen molar-refractivity contribution in [2.45, 2.75) is 12.8 Å². The monoisotopic (exact) mass is 278 g/mol. The number of rotatable bonds is 8. The number of likely N-dealkylation sites (N-methyl/N-ethyl adjacent to an activating group) is 1. The zero-order valence-corrected chi connectivity index (χ0v) is 11.5. The highest BCUT2D eigenvalue weighted by molar-refractivity contribution is 5.94. The van der Waals surface area contributed by atoms with Gasteiger partial charge in [0, 0.05) is 32.3 Å². The molecular formula is C13H18N4O3. The van der Waals surface area contributed by atoms with Crippen LogP contribution in [0, 0.1) is 0 Å². The molecule has 0 aliphatic rings. The maximum absolute atomic E-state index is 11.9. The predicted molar refractivity (Wildman–Crippen MR) is 73.7 cm³/mol. The first-order valence-electron chi connectivity index (χ1n) is 6.03. The number of imidazole rings is 1. The molecule has 3 N–H and O–H groups in total. The van der Waals surface area contributed by atoms with Crippen molar-refractivity contribution in [1.82, 2.24) is 20.6 Å². The molecule has 0 saturated carbocycles. The van der Waals surface area contributed by atoms with Gasteiger partial charge in [-0.05, 0) is 6.20 Å². The molecule has 7 nitrogen and oxygen atoms in total. The van der Waals surface area contributed by atoms with Crippen LogP contribution in [-0.2, 0) is 16.0 Å². The van der Waals surface area contributed by atoms with Gasteiger partial charge in [-0.2, -0.15) is 0 Å². The molecule has 0 spiro atoms. The fourth-order valence-corrected chi connectivity index (χ4v) is 1.50. The van der Waals surface area contributed by atoms with Crippen molar-refractivity contribution in [2.75, 3.05) is 14.2 Å². The fraction of sp³-hybridized carbons (Fsp3) is 0.308. The number of nitrogens with one attached hydrogen (secondary N) is 3. The number of hydrogen-bond acceptors (Lipinski definition) is 6. The molecule has 0 fully saturated rings. The predicted octanol–water partition coefficient (Wildman–Crippen LogP) is 0.492. The minimum Gasteiger partial charge on any atom is -0.464 e. The average Bonchev–Trinajstić information content (AvgIpc) is 2.94. The van der Waals surface area contributed by atoms with Gasteiger partial charge < -0.3 is 20.4 Å². The number of methoxy groups -OCH3 is 1. The number of ether oxygens (including phenoxy) is 1. The Morgan fingerprint density at radius 1 is 1.55 bits per heavy atom. The van der Waals surface area contributed by atoms with Crippen LogP contribution in [0.4, 0.5) is 0 Å². The van der Waals surface area contributed by atoms with E-state index in [9.17, 15) is 9.59 Å². The van der Waals surface area contributed by atoms with Crippen LogP contribution in [0.2, 0.25) is 0 Å². The summed E-state index contributed by atoms with van der Waals surface area (Å²) < 4.78 is 4.55. The van der Waals surface area contributed by atoms with Gasteiger partial charge in [0.25, 0.3) is 0 Å². The second kappa shape index (κ2) is 7.78. The molecule has 1 rings (SSSR count). The zero-order chi connectivity index (χ0) is 15.0. The molecular weight excluding hydrogens is 260 g/mol. The second-order valence-corrected chi connectivity index (χ2v) is 3.83. The van der Waals surface area contributed by atoms with E-state index < -0.39 is 5.97 Å². The number of hydrogen-bond donors (Lipinski definition) is 3. The summed E-state index contributed by atoms with van der Waals surface area (Å²) >= 11 is 0. The largest absolute Gasteiger partial charge is 0.464 e. The van der Waals surface area contributed by atoms with E-state index in [-0.39, 0.29) is 17.9 Å². The minimum atomic E-state index is -0.509. The van der Waals surface area contributed by atoms with Crippen LogP contribution in [0.15, 0.2) is 30.9 Å². The summed E-state index contributed by atoms with van der Waals surface area (Å²) in [4.78, 5) is 30.0. The lowest BCUT2D eigenvalue weighted by Gasteiger charge is -2.05. The van der Waals surface area contributed by atoms with Crippen LogP contribution in [0.1, 0.15) is 22.7 Å². The van der Waals surface area contributed by atoms with E-state index in [1.165, 1.54) is 25.7 Å². The van der Waals surface area contributed by atoms with E-state index in [0.717, 1.165) is 0 Å². The Morgan fingerprint density at radius 3 is 2.90 bits per heavy atom. The maximum atomic E-state index is 11.9. The summed E-state index contributed by atoms with van der Waals surface area (Å²) in [7, 11) is 2.95. The molecule has 1 aromatic rings. The SMILES string of the molecule is C=CN/C=C(\NC)C(=O)CCc1nc(C(=O)OC)c[nH]1. The van der Waals surface area contributed by atoms with Gasteiger partial charge in [-0.25, -0.2) is 9.78 Å². The number of carbonyl (C=O) groups excluding carboxylic acids is 2. The van der Waals surface area contributed by atoms with Crippen LogP contribution in [0.25, 0.3) is 0 Å².